The molecule has 1 aromatic heterocycles. The van der Waals surface area contributed by atoms with Gasteiger partial charge in [-0.3, -0.25) is 14.9 Å². The Morgan fingerprint density at radius 3 is 2.70 bits per heavy atom. The molecule has 8 heteroatoms. The van der Waals surface area contributed by atoms with Gasteiger partial charge in [-0.05, 0) is 52.9 Å². The summed E-state index contributed by atoms with van der Waals surface area (Å²) in [5, 5.41) is 24.5. The van der Waals surface area contributed by atoms with Crippen molar-refractivity contribution in [2.45, 2.75) is 32.5 Å². The number of aryl methyl sites for hydroxylation is 1. The van der Waals surface area contributed by atoms with Gasteiger partial charge in [-0.15, -0.1) is 0 Å². The normalized spacial score (nSPS) is 11.6. The molecular weight excluding hydrogens is 406 g/mol. The highest BCUT2D eigenvalue weighted by Gasteiger charge is 2.23. The Morgan fingerprint density at radius 2 is 2.03 bits per heavy atom. The standard InChI is InChI=1S/C22H21NO6S/c1-15-4-2-3-5-18(15)20(8-9-22(24)25)29-21-12-17(6-7-19(21)23(26)27)28-13-16-10-11-30-14-16/h2-7,10-12,14,20H,8-9,13H2,1H3,(H,24,25)/t20-/m0/s1. The number of carbonyl (C=O) groups is 1. The maximum Gasteiger partial charge on any atom is 0.311 e. The molecule has 0 spiro atoms. The van der Waals surface area contributed by atoms with Gasteiger partial charge in [0.05, 0.1) is 4.92 Å². The molecule has 3 aromatic rings. The number of carboxylic acids is 1. The molecule has 1 N–H and O–H groups in total. The minimum absolute atomic E-state index is 0.0430. The molecular formula is C22H21NO6S. The van der Waals surface area contributed by atoms with Crippen molar-refractivity contribution in [2.75, 3.05) is 0 Å². The number of aliphatic carboxylic acids is 1. The van der Waals surface area contributed by atoms with Crippen molar-refractivity contribution in [3.05, 3.63) is 86.1 Å². The summed E-state index contributed by atoms with van der Waals surface area (Å²) in [5.41, 5.74) is 2.50. The van der Waals surface area contributed by atoms with E-state index in [0.717, 1.165) is 16.7 Å². The third-order valence-corrected chi connectivity index (χ3v) is 5.27. The average Bonchev–Trinajstić information content (AvgIpc) is 3.23. The second kappa shape index (κ2) is 9.89. The zero-order valence-corrected chi connectivity index (χ0v) is 17.1. The van der Waals surface area contributed by atoms with Gasteiger partial charge >= 0.3 is 11.7 Å². The predicted molar refractivity (Wildman–Crippen MR) is 113 cm³/mol. The van der Waals surface area contributed by atoms with Crippen LogP contribution in [-0.2, 0) is 11.4 Å². The van der Waals surface area contributed by atoms with Crippen molar-refractivity contribution in [3.63, 3.8) is 0 Å². The Kier molecular flexibility index (Phi) is 7.03. The van der Waals surface area contributed by atoms with Gasteiger partial charge in [0.25, 0.3) is 0 Å². The lowest BCUT2D eigenvalue weighted by atomic mass is 9.99. The molecule has 0 radical (unpaired) electrons. The zero-order valence-electron chi connectivity index (χ0n) is 16.3. The van der Waals surface area contributed by atoms with E-state index in [1.54, 1.807) is 11.3 Å². The number of nitrogens with zero attached hydrogens (tertiary/aromatic N) is 1. The highest BCUT2D eigenvalue weighted by atomic mass is 32.1. The van der Waals surface area contributed by atoms with E-state index in [2.05, 4.69) is 0 Å². The van der Waals surface area contributed by atoms with Crippen LogP contribution >= 0.6 is 11.3 Å². The summed E-state index contributed by atoms with van der Waals surface area (Å²) in [4.78, 5) is 22.1. The topological polar surface area (TPSA) is 98.9 Å². The Hall–Kier alpha value is -3.39. The lowest BCUT2D eigenvalue weighted by Gasteiger charge is -2.21. The van der Waals surface area contributed by atoms with Crippen LogP contribution in [0.25, 0.3) is 0 Å². The van der Waals surface area contributed by atoms with Crippen LogP contribution in [0.5, 0.6) is 11.5 Å². The Morgan fingerprint density at radius 1 is 1.23 bits per heavy atom. The molecule has 0 aliphatic rings. The number of ether oxygens (including phenoxy) is 2. The maximum absolute atomic E-state index is 11.5. The molecule has 0 bridgehead atoms. The van der Waals surface area contributed by atoms with Gasteiger partial charge in [0.15, 0.2) is 0 Å². The molecule has 0 unspecified atom stereocenters. The van der Waals surface area contributed by atoms with E-state index in [1.165, 1.54) is 18.2 Å². The fraction of sp³-hybridized carbons (Fsp3) is 0.227. The minimum Gasteiger partial charge on any atom is -0.489 e. The number of rotatable bonds is 10. The van der Waals surface area contributed by atoms with Crippen molar-refractivity contribution in [1.82, 2.24) is 0 Å². The van der Waals surface area contributed by atoms with Crippen LogP contribution in [0.4, 0.5) is 5.69 Å². The number of carboxylic acid groups (broad SMARTS) is 1. The zero-order chi connectivity index (χ0) is 21.5. The summed E-state index contributed by atoms with van der Waals surface area (Å²) in [7, 11) is 0. The molecule has 0 aliphatic carbocycles. The molecule has 30 heavy (non-hydrogen) atoms. The molecule has 0 saturated heterocycles. The van der Waals surface area contributed by atoms with E-state index < -0.39 is 17.0 Å². The second-order valence-corrected chi connectivity index (χ2v) is 7.48. The average molecular weight is 427 g/mol. The van der Waals surface area contributed by atoms with Crippen molar-refractivity contribution < 1.29 is 24.3 Å². The highest BCUT2D eigenvalue weighted by Crippen LogP contribution is 2.36. The van der Waals surface area contributed by atoms with E-state index in [9.17, 15) is 14.9 Å². The van der Waals surface area contributed by atoms with Crippen LogP contribution in [-0.4, -0.2) is 16.0 Å². The number of hydrogen-bond acceptors (Lipinski definition) is 6. The molecule has 7 nitrogen and oxygen atoms in total. The molecule has 1 atom stereocenters. The summed E-state index contributed by atoms with van der Waals surface area (Å²) < 4.78 is 11.8. The molecule has 156 valence electrons. The second-order valence-electron chi connectivity index (χ2n) is 6.70. The van der Waals surface area contributed by atoms with Crippen molar-refractivity contribution in [3.8, 4) is 11.5 Å². The van der Waals surface area contributed by atoms with Gasteiger partial charge in [-0.1, -0.05) is 24.3 Å². The quantitative estimate of drug-likeness (QED) is 0.337. The maximum atomic E-state index is 11.5. The first-order valence-electron chi connectivity index (χ1n) is 9.30. The molecule has 3 rings (SSSR count). The van der Waals surface area contributed by atoms with Crippen LogP contribution < -0.4 is 9.47 Å². The van der Waals surface area contributed by atoms with Crippen LogP contribution in [0.3, 0.4) is 0 Å². The third kappa shape index (κ3) is 5.57. The largest absolute Gasteiger partial charge is 0.489 e. The first-order chi connectivity index (χ1) is 14.4. The monoisotopic (exact) mass is 427 g/mol. The van der Waals surface area contributed by atoms with Gasteiger partial charge in [0.1, 0.15) is 18.5 Å². The van der Waals surface area contributed by atoms with Crippen LogP contribution in [0.15, 0.2) is 59.3 Å². The molecule has 1 heterocycles. The third-order valence-electron chi connectivity index (χ3n) is 4.54. The lowest BCUT2D eigenvalue weighted by Crippen LogP contribution is -2.12. The predicted octanol–water partition coefficient (Wildman–Crippen LogP) is 5.53. The van der Waals surface area contributed by atoms with Crippen LogP contribution in [0, 0.1) is 17.0 Å². The van der Waals surface area contributed by atoms with Gasteiger partial charge in [0.2, 0.25) is 5.75 Å². The Balaban J connectivity index is 1.88. The highest BCUT2D eigenvalue weighted by molar-refractivity contribution is 7.07. The number of nitro groups is 1. The summed E-state index contributed by atoms with van der Waals surface area (Å²) >= 11 is 1.56. The summed E-state index contributed by atoms with van der Waals surface area (Å²) in [5.74, 6) is -0.482. The summed E-state index contributed by atoms with van der Waals surface area (Å²) in [6, 6.07) is 13.7. The van der Waals surface area contributed by atoms with Crippen molar-refractivity contribution in [1.29, 1.82) is 0 Å². The van der Waals surface area contributed by atoms with E-state index in [4.69, 9.17) is 14.6 Å². The van der Waals surface area contributed by atoms with Crippen LogP contribution in [0.2, 0.25) is 0 Å². The molecule has 2 aromatic carbocycles. The molecule has 0 amide bonds. The van der Waals surface area contributed by atoms with Gasteiger partial charge < -0.3 is 14.6 Å². The van der Waals surface area contributed by atoms with Crippen molar-refractivity contribution >= 4 is 23.0 Å². The number of thiophene rings is 1. The summed E-state index contributed by atoms with van der Waals surface area (Å²) in [6.07, 6.45) is -0.591. The van der Waals surface area contributed by atoms with Gasteiger partial charge in [-0.2, -0.15) is 11.3 Å². The van der Waals surface area contributed by atoms with E-state index in [-0.39, 0.29) is 24.3 Å². The minimum atomic E-state index is -0.959. The van der Waals surface area contributed by atoms with Gasteiger partial charge in [-0.25, -0.2) is 0 Å². The molecule has 0 aliphatic heterocycles. The first-order valence-corrected chi connectivity index (χ1v) is 10.2. The Bertz CT molecular complexity index is 1020. The molecule has 0 fully saturated rings. The fourth-order valence-corrected chi connectivity index (χ4v) is 3.66. The SMILES string of the molecule is Cc1ccccc1[C@H](CCC(=O)O)Oc1cc(OCc2ccsc2)ccc1[N+](=O)[O-]. The smallest absolute Gasteiger partial charge is 0.311 e. The lowest BCUT2D eigenvalue weighted by molar-refractivity contribution is -0.386. The van der Waals surface area contributed by atoms with E-state index in [0.29, 0.717) is 12.4 Å². The number of nitro benzene ring substituents is 1. The number of hydrogen-bond donors (Lipinski definition) is 1. The number of benzene rings is 2. The van der Waals surface area contributed by atoms with Gasteiger partial charge in [0, 0.05) is 18.6 Å². The fourth-order valence-electron chi connectivity index (χ4n) is 3.00. The van der Waals surface area contributed by atoms with Crippen LogP contribution in [0.1, 0.15) is 35.6 Å². The van der Waals surface area contributed by atoms with Crippen molar-refractivity contribution in [2.24, 2.45) is 0 Å². The van der Waals surface area contributed by atoms with E-state index in [1.807, 2.05) is 48.0 Å². The summed E-state index contributed by atoms with van der Waals surface area (Å²) in [6.45, 7) is 2.22. The molecule has 0 saturated carbocycles. The Labute approximate surface area is 177 Å². The first kappa shape index (κ1) is 21.3. The van der Waals surface area contributed by atoms with E-state index >= 15 is 0 Å².